The van der Waals surface area contributed by atoms with Gasteiger partial charge in [-0.15, -0.1) is 0 Å². The number of hydrogen-bond acceptors (Lipinski definition) is 3. The number of phenols is 1. The fraction of sp³-hybridized carbons (Fsp3) is 0.188. The molecule has 0 bridgehead atoms. The molecule has 122 valence electrons. The summed E-state index contributed by atoms with van der Waals surface area (Å²) in [5, 5.41) is 20.6. The molecule has 0 heterocycles. The Morgan fingerprint density at radius 1 is 1.17 bits per heavy atom. The first kappa shape index (κ1) is 17.2. The third kappa shape index (κ3) is 4.40. The molecule has 0 fully saturated rings. The molecule has 0 aliphatic heterocycles. The number of aliphatic hydroxyl groups is 1. The Bertz CT molecular complexity index is 707. The number of nitrogens with one attached hydrogen (secondary N) is 1. The Kier molecular flexibility index (Phi) is 5.52. The van der Waals surface area contributed by atoms with Gasteiger partial charge in [-0.05, 0) is 36.2 Å². The number of carbonyl (C=O) groups is 1. The molecule has 0 aliphatic rings. The number of aromatic hydroxyl groups is 1. The van der Waals surface area contributed by atoms with E-state index in [4.69, 9.17) is 11.6 Å². The van der Waals surface area contributed by atoms with E-state index in [1.165, 1.54) is 12.1 Å². The van der Waals surface area contributed by atoms with Crippen molar-refractivity contribution in [3.8, 4) is 5.75 Å². The minimum atomic E-state index is -0.949. The normalized spacial score (nSPS) is 12.0. The molecule has 0 aliphatic carbocycles. The lowest BCUT2D eigenvalue weighted by Crippen LogP contribution is -2.39. The Morgan fingerprint density at radius 3 is 2.43 bits per heavy atom. The van der Waals surface area contributed by atoms with E-state index in [0.717, 1.165) is 11.6 Å². The molecule has 1 atom stereocenters. The minimum absolute atomic E-state index is 0.0945. The quantitative estimate of drug-likeness (QED) is 0.732. The van der Waals surface area contributed by atoms with E-state index in [1.807, 2.05) is 0 Å². The summed E-state index contributed by atoms with van der Waals surface area (Å²) in [6.45, 7) is -0.385. The summed E-state index contributed by atoms with van der Waals surface area (Å²) in [5.74, 6) is -2.61. The van der Waals surface area contributed by atoms with Gasteiger partial charge in [0.05, 0.1) is 23.2 Å². The van der Waals surface area contributed by atoms with E-state index in [0.29, 0.717) is 6.07 Å². The number of hydrogen-bond donors (Lipinski definition) is 3. The summed E-state index contributed by atoms with van der Waals surface area (Å²) in [5.41, 5.74) is 0.265. The number of aliphatic hydroxyl groups excluding tert-OH is 1. The monoisotopic (exact) mass is 341 g/mol. The molecule has 2 aromatic rings. The largest absolute Gasteiger partial charge is 0.508 e. The molecule has 0 saturated carbocycles. The summed E-state index contributed by atoms with van der Waals surface area (Å²) in [6.07, 6.45) is 0.264. The highest BCUT2D eigenvalue weighted by molar-refractivity contribution is 6.30. The molecule has 0 radical (unpaired) electrons. The first-order valence-corrected chi connectivity index (χ1v) is 7.12. The molecule has 2 aromatic carbocycles. The SMILES string of the molecule is O=C(N[C@H](CO)Cc1ccc(O)cc1)c1cc(F)c(Cl)cc1F. The topological polar surface area (TPSA) is 69.6 Å². The maximum atomic E-state index is 13.7. The van der Waals surface area contributed by atoms with Crippen LogP contribution in [-0.4, -0.2) is 28.8 Å². The van der Waals surface area contributed by atoms with Gasteiger partial charge < -0.3 is 15.5 Å². The molecule has 1 amide bonds. The third-order valence-corrected chi connectivity index (χ3v) is 3.52. The summed E-state index contributed by atoms with van der Waals surface area (Å²) in [7, 11) is 0. The molecule has 0 spiro atoms. The highest BCUT2D eigenvalue weighted by Crippen LogP contribution is 2.19. The van der Waals surface area contributed by atoms with Gasteiger partial charge in [0.1, 0.15) is 17.4 Å². The van der Waals surface area contributed by atoms with E-state index in [2.05, 4.69) is 5.32 Å². The predicted octanol–water partition coefficient (Wildman–Crippen LogP) is 2.66. The molecular formula is C16H14ClF2NO3. The van der Waals surface area contributed by atoms with Crippen molar-refractivity contribution in [2.75, 3.05) is 6.61 Å². The van der Waals surface area contributed by atoms with Crippen molar-refractivity contribution in [1.82, 2.24) is 5.32 Å². The zero-order valence-corrected chi connectivity index (χ0v) is 12.6. The average molecular weight is 342 g/mol. The van der Waals surface area contributed by atoms with E-state index in [-0.39, 0.29) is 18.8 Å². The smallest absolute Gasteiger partial charge is 0.254 e. The van der Waals surface area contributed by atoms with E-state index in [1.54, 1.807) is 12.1 Å². The Hall–Kier alpha value is -2.18. The summed E-state index contributed by atoms with van der Waals surface area (Å²) in [4.78, 5) is 12.0. The first-order chi connectivity index (χ1) is 10.9. The lowest BCUT2D eigenvalue weighted by Gasteiger charge is -2.17. The molecular weight excluding hydrogens is 328 g/mol. The lowest BCUT2D eigenvalue weighted by molar-refractivity contribution is 0.0912. The molecule has 2 rings (SSSR count). The van der Waals surface area contributed by atoms with E-state index >= 15 is 0 Å². The second-order valence-corrected chi connectivity index (χ2v) is 5.38. The van der Waals surface area contributed by atoms with Gasteiger partial charge in [-0.2, -0.15) is 0 Å². The molecule has 4 nitrogen and oxygen atoms in total. The summed E-state index contributed by atoms with van der Waals surface area (Å²) < 4.78 is 27.1. The molecule has 7 heteroatoms. The van der Waals surface area contributed by atoms with Crippen LogP contribution < -0.4 is 5.32 Å². The van der Waals surface area contributed by atoms with Gasteiger partial charge in [-0.25, -0.2) is 8.78 Å². The van der Waals surface area contributed by atoms with Crippen LogP contribution in [0.3, 0.4) is 0 Å². The van der Waals surface area contributed by atoms with Crippen LogP contribution in [0.5, 0.6) is 5.75 Å². The maximum absolute atomic E-state index is 13.7. The first-order valence-electron chi connectivity index (χ1n) is 6.75. The van der Waals surface area contributed by atoms with Gasteiger partial charge in [-0.1, -0.05) is 23.7 Å². The second kappa shape index (κ2) is 7.39. The second-order valence-electron chi connectivity index (χ2n) is 4.97. The van der Waals surface area contributed by atoms with Crippen molar-refractivity contribution in [3.05, 3.63) is 64.2 Å². The van der Waals surface area contributed by atoms with Crippen LogP contribution in [-0.2, 0) is 6.42 Å². The van der Waals surface area contributed by atoms with Crippen molar-refractivity contribution in [2.24, 2.45) is 0 Å². The number of halogens is 3. The predicted molar refractivity (Wildman–Crippen MR) is 81.5 cm³/mol. The number of phenolic OH excluding ortho intramolecular Hbond substituents is 1. The van der Waals surface area contributed by atoms with Crippen LogP contribution >= 0.6 is 11.6 Å². The highest BCUT2D eigenvalue weighted by atomic mass is 35.5. The summed E-state index contributed by atoms with van der Waals surface area (Å²) in [6, 6.07) is 6.95. The van der Waals surface area contributed by atoms with Gasteiger partial charge in [-0.3, -0.25) is 4.79 Å². The third-order valence-electron chi connectivity index (χ3n) is 3.23. The van der Waals surface area contributed by atoms with E-state index in [9.17, 15) is 23.8 Å². The number of amides is 1. The molecule has 0 saturated heterocycles. The molecule has 0 unspecified atom stereocenters. The molecule has 0 aromatic heterocycles. The number of carbonyl (C=O) groups excluding carboxylic acids is 1. The van der Waals surface area contributed by atoms with E-state index < -0.39 is 34.2 Å². The van der Waals surface area contributed by atoms with Gasteiger partial charge in [0, 0.05) is 0 Å². The van der Waals surface area contributed by atoms with Crippen molar-refractivity contribution in [2.45, 2.75) is 12.5 Å². The van der Waals surface area contributed by atoms with Crippen molar-refractivity contribution in [1.29, 1.82) is 0 Å². The zero-order chi connectivity index (χ0) is 17.0. The summed E-state index contributed by atoms with van der Waals surface area (Å²) >= 11 is 5.44. The number of rotatable bonds is 5. The van der Waals surface area contributed by atoms with Crippen LogP contribution in [0.4, 0.5) is 8.78 Å². The maximum Gasteiger partial charge on any atom is 0.254 e. The minimum Gasteiger partial charge on any atom is -0.508 e. The van der Waals surface area contributed by atoms with Crippen LogP contribution in [0.15, 0.2) is 36.4 Å². The highest BCUT2D eigenvalue weighted by Gasteiger charge is 2.19. The fourth-order valence-corrected chi connectivity index (χ4v) is 2.19. The van der Waals surface area contributed by atoms with Gasteiger partial charge in [0.2, 0.25) is 0 Å². The fourth-order valence-electron chi connectivity index (χ4n) is 2.04. The van der Waals surface area contributed by atoms with Crippen molar-refractivity contribution in [3.63, 3.8) is 0 Å². The Labute approximate surface area is 136 Å². The van der Waals surface area contributed by atoms with Crippen molar-refractivity contribution < 1.29 is 23.8 Å². The lowest BCUT2D eigenvalue weighted by atomic mass is 10.1. The molecule has 3 N–H and O–H groups in total. The standard InChI is InChI=1S/C16H14ClF2NO3/c17-13-7-14(18)12(6-15(13)19)16(23)20-10(8-21)5-9-1-3-11(22)4-2-9/h1-4,6-7,10,21-22H,5,8H2,(H,20,23)/t10-/m0/s1. The van der Waals surface area contributed by atoms with Crippen LogP contribution in [0.25, 0.3) is 0 Å². The Balaban J connectivity index is 2.10. The van der Waals surface area contributed by atoms with Crippen LogP contribution in [0.1, 0.15) is 15.9 Å². The zero-order valence-electron chi connectivity index (χ0n) is 11.9. The van der Waals surface area contributed by atoms with Crippen LogP contribution in [0, 0.1) is 11.6 Å². The van der Waals surface area contributed by atoms with Gasteiger partial charge in [0.25, 0.3) is 5.91 Å². The molecule has 23 heavy (non-hydrogen) atoms. The van der Waals surface area contributed by atoms with Crippen molar-refractivity contribution >= 4 is 17.5 Å². The average Bonchev–Trinajstić information content (AvgIpc) is 2.52. The van der Waals surface area contributed by atoms with Crippen LogP contribution in [0.2, 0.25) is 5.02 Å². The van der Waals surface area contributed by atoms with Gasteiger partial charge >= 0.3 is 0 Å². The number of benzene rings is 2. The Morgan fingerprint density at radius 2 is 1.83 bits per heavy atom. The van der Waals surface area contributed by atoms with Gasteiger partial charge in [0.15, 0.2) is 0 Å².